The van der Waals surface area contributed by atoms with E-state index >= 15 is 0 Å². The molecule has 122 valence electrons. The van der Waals surface area contributed by atoms with Gasteiger partial charge >= 0.3 is 0 Å². The van der Waals surface area contributed by atoms with E-state index in [1.807, 2.05) is 12.1 Å². The van der Waals surface area contributed by atoms with E-state index < -0.39 is 0 Å². The van der Waals surface area contributed by atoms with E-state index in [0.717, 1.165) is 22.3 Å². The molecular weight excluding hydrogens is 302 g/mol. The Kier molecular flexibility index (Phi) is 4.82. The van der Waals surface area contributed by atoms with Crippen LogP contribution in [0.5, 0.6) is 0 Å². The van der Waals surface area contributed by atoms with Gasteiger partial charge in [-0.2, -0.15) is 5.26 Å². The summed E-state index contributed by atoms with van der Waals surface area (Å²) in [5.74, 6) is 0. The molecule has 0 heterocycles. The van der Waals surface area contributed by atoms with Crippen molar-refractivity contribution < 1.29 is 0 Å². The molecule has 25 heavy (non-hydrogen) atoms. The number of aryl methyl sites for hydroxylation is 3. The minimum atomic E-state index is 0.702. The lowest BCUT2D eigenvalue weighted by Crippen LogP contribution is -1.95. The van der Waals surface area contributed by atoms with E-state index in [4.69, 9.17) is 0 Å². The van der Waals surface area contributed by atoms with Crippen LogP contribution >= 0.6 is 0 Å². The summed E-state index contributed by atoms with van der Waals surface area (Å²) in [7, 11) is 0. The molecule has 0 bridgehead atoms. The zero-order chi connectivity index (χ0) is 17.8. The fraction of sp³-hybridized carbons (Fsp3) is 0.125. The van der Waals surface area contributed by atoms with Crippen LogP contribution in [0.25, 0.3) is 11.1 Å². The normalized spacial score (nSPS) is 10.2. The van der Waals surface area contributed by atoms with Crippen LogP contribution in [0.4, 0.5) is 0 Å². The average molecular weight is 323 g/mol. The molecule has 0 saturated heterocycles. The van der Waals surface area contributed by atoms with Crippen LogP contribution < -0.4 is 0 Å². The van der Waals surface area contributed by atoms with Gasteiger partial charge in [-0.15, -0.1) is 0 Å². The summed E-state index contributed by atoms with van der Waals surface area (Å²) in [6.07, 6.45) is 0. The van der Waals surface area contributed by atoms with Gasteiger partial charge in [0.05, 0.1) is 5.57 Å². The second-order valence-electron chi connectivity index (χ2n) is 6.46. The molecule has 1 heteroatoms. The third kappa shape index (κ3) is 3.70. The van der Waals surface area contributed by atoms with Gasteiger partial charge in [0.2, 0.25) is 0 Å². The van der Waals surface area contributed by atoms with Crippen molar-refractivity contribution in [3.63, 3.8) is 0 Å². The first-order chi connectivity index (χ1) is 12.1. The van der Waals surface area contributed by atoms with Gasteiger partial charge in [0.15, 0.2) is 0 Å². The second-order valence-corrected chi connectivity index (χ2v) is 6.46. The molecule has 1 nitrogen and oxygen atoms in total. The minimum absolute atomic E-state index is 0.702. The number of hydrogen-bond acceptors (Lipinski definition) is 1. The van der Waals surface area contributed by atoms with Crippen molar-refractivity contribution in [1.29, 1.82) is 5.26 Å². The van der Waals surface area contributed by atoms with Gasteiger partial charge < -0.3 is 0 Å². The molecule has 0 radical (unpaired) electrons. The van der Waals surface area contributed by atoms with Gasteiger partial charge in [-0.1, -0.05) is 89.5 Å². The minimum Gasteiger partial charge on any atom is -0.192 e. The zero-order valence-corrected chi connectivity index (χ0v) is 14.9. The van der Waals surface area contributed by atoms with E-state index in [1.54, 1.807) is 0 Å². The number of allylic oxidation sites excluding steroid dienone is 1. The lowest BCUT2D eigenvalue weighted by Gasteiger charge is -2.13. The summed E-state index contributed by atoms with van der Waals surface area (Å²) >= 11 is 0. The van der Waals surface area contributed by atoms with Gasteiger partial charge in [0.1, 0.15) is 6.07 Å². The summed E-state index contributed by atoms with van der Waals surface area (Å²) in [6.45, 7) is 6.20. The fourth-order valence-corrected chi connectivity index (χ4v) is 2.88. The molecule has 0 fully saturated rings. The quantitative estimate of drug-likeness (QED) is 0.422. The van der Waals surface area contributed by atoms with Crippen LogP contribution in [0.15, 0.2) is 72.8 Å². The molecule has 0 aliphatic carbocycles. The van der Waals surface area contributed by atoms with E-state index in [-0.39, 0.29) is 0 Å². The van der Waals surface area contributed by atoms with E-state index in [1.165, 1.54) is 16.7 Å². The number of hydrogen-bond donors (Lipinski definition) is 0. The first-order valence-corrected chi connectivity index (χ1v) is 8.44. The first kappa shape index (κ1) is 16.7. The van der Waals surface area contributed by atoms with Crippen molar-refractivity contribution in [2.75, 3.05) is 0 Å². The van der Waals surface area contributed by atoms with Crippen LogP contribution in [0.3, 0.4) is 0 Å². The maximum Gasteiger partial charge on any atom is 0.100 e. The van der Waals surface area contributed by atoms with Gasteiger partial charge in [0.25, 0.3) is 0 Å². The van der Waals surface area contributed by atoms with Crippen molar-refractivity contribution in [2.45, 2.75) is 20.8 Å². The predicted octanol–water partition coefficient (Wildman–Crippen LogP) is 6.09. The topological polar surface area (TPSA) is 23.8 Å². The van der Waals surface area contributed by atoms with Crippen molar-refractivity contribution in [3.05, 3.63) is 106 Å². The molecule has 3 rings (SSSR count). The maximum absolute atomic E-state index is 9.94. The van der Waals surface area contributed by atoms with E-state index in [2.05, 4.69) is 87.5 Å². The molecule has 0 atom stereocenters. The monoisotopic (exact) mass is 323 g/mol. The Labute approximate surface area is 149 Å². The van der Waals surface area contributed by atoms with Gasteiger partial charge in [-0.25, -0.2) is 0 Å². The Morgan fingerprint density at radius 2 is 0.880 bits per heavy atom. The van der Waals surface area contributed by atoms with Crippen LogP contribution in [0.2, 0.25) is 0 Å². The predicted molar refractivity (Wildman–Crippen MR) is 105 cm³/mol. The van der Waals surface area contributed by atoms with Crippen LogP contribution in [0.1, 0.15) is 33.4 Å². The summed E-state index contributed by atoms with van der Waals surface area (Å²) < 4.78 is 0. The molecule has 0 aliphatic heterocycles. The summed E-state index contributed by atoms with van der Waals surface area (Å²) in [5, 5.41) is 9.94. The van der Waals surface area contributed by atoms with E-state index in [9.17, 15) is 5.26 Å². The zero-order valence-electron chi connectivity index (χ0n) is 14.9. The lowest BCUT2D eigenvalue weighted by molar-refractivity contribution is 1.42. The molecule has 0 N–H and O–H groups in total. The van der Waals surface area contributed by atoms with Crippen molar-refractivity contribution in [2.24, 2.45) is 0 Å². The molecule has 0 amide bonds. The number of rotatable bonds is 3. The largest absolute Gasteiger partial charge is 0.192 e. The summed E-state index contributed by atoms with van der Waals surface area (Å²) in [5.41, 5.74) is 8.36. The Balaban J connectivity index is 2.28. The highest BCUT2D eigenvalue weighted by Gasteiger charge is 2.14. The van der Waals surface area contributed by atoms with Crippen LogP contribution in [-0.2, 0) is 0 Å². The van der Waals surface area contributed by atoms with E-state index in [0.29, 0.717) is 5.57 Å². The fourth-order valence-electron chi connectivity index (χ4n) is 2.88. The molecule has 3 aromatic carbocycles. The number of nitrogens with zero attached hydrogens (tertiary/aromatic N) is 1. The first-order valence-electron chi connectivity index (χ1n) is 8.44. The average Bonchev–Trinajstić information content (AvgIpc) is 2.63. The molecular formula is C24H21N. The smallest absolute Gasteiger partial charge is 0.100 e. The highest BCUT2D eigenvalue weighted by atomic mass is 14.3. The second kappa shape index (κ2) is 7.20. The van der Waals surface area contributed by atoms with Gasteiger partial charge in [-0.05, 0) is 37.5 Å². The van der Waals surface area contributed by atoms with Crippen molar-refractivity contribution in [1.82, 2.24) is 0 Å². The Bertz CT molecular complexity index is 887. The maximum atomic E-state index is 9.94. The highest BCUT2D eigenvalue weighted by Crippen LogP contribution is 2.32. The summed E-state index contributed by atoms with van der Waals surface area (Å²) in [6, 6.07) is 27.3. The Morgan fingerprint density at radius 1 is 0.560 bits per heavy atom. The molecule has 0 unspecified atom stereocenters. The molecule has 0 spiro atoms. The molecule has 0 saturated carbocycles. The van der Waals surface area contributed by atoms with Crippen LogP contribution in [-0.4, -0.2) is 0 Å². The third-order valence-corrected chi connectivity index (χ3v) is 4.38. The number of benzene rings is 3. The molecule has 0 aromatic heterocycles. The Hall–Kier alpha value is -3.11. The third-order valence-electron chi connectivity index (χ3n) is 4.38. The highest BCUT2D eigenvalue weighted by molar-refractivity contribution is 6.03. The van der Waals surface area contributed by atoms with Crippen molar-refractivity contribution in [3.8, 4) is 6.07 Å². The van der Waals surface area contributed by atoms with Gasteiger partial charge in [-0.3, -0.25) is 0 Å². The molecule has 0 aliphatic rings. The van der Waals surface area contributed by atoms with Crippen LogP contribution in [0, 0.1) is 32.1 Å². The van der Waals surface area contributed by atoms with Gasteiger partial charge in [0, 0.05) is 5.57 Å². The standard InChI is InChI=1S/C24H21N/c1-17-4-10-20(11-5-17)23(16-25)24(21-12-6-18(2)7-13-21)22-14-8-19(3)9-15-22/h4-15H,1-3H3. The number of nitriles is 1. The molecule has 3 aromatic rings. The SMILES string of the molecule is Cc1ccc(C(C#N)=C(c2ccc(C)cc2)c2ccc(C)cc2)cc1. The summed E-state index contributed by atoms with van der Waals surface area (Å²) in [4.78, 5) is 0. The van der Waals surface area contributed by atoms with Crippen molar-refractivity contribution >= 4 is 11.1 Å². The Morgan fingerprint density at radius 3 is 1.20 bits per heavy atom. The lowest BCUT2D eigenvalue weighted by atomic mass is 9.89.